The molecule has 2 aromatic heterocycles. The third kappa shape index (κ3) is 6.75. The van der Waals surface area contributed by atoms with Gasteiger partial charge in [0.25, 0.3) is 5.56 Å². The van der Waals surface area contributed by atoms with E-state index in [1.54, 1.807) is 14.2 Å². The van der Waals surface area contributed by atoms with Crippen molar-refractivity contribution in [2.45, 2.75) is 39.1 Å². The summed E-state index contributed by atoms with van der Waals surface area (Å²) in [4.78, 5) is 23.7. The lowest BCUT2D eigenvalue weighted by Gasteiger charge is -2.25. The molecule has 37 heavy (non-hydrogen) atoms. The van der Waals surface area contributed by atoms with Gasteiger partial charge in [-0.2, -0.15) is 0 Å². The smallest absolute Gasteiger partial charge is 0.260 e. The molecule has 0 saturated carbocycles. The highest BCUT2D eigenvalue weighted by atomic mass is 32.1. The normalized spacial score (nSPS) is 12.4. The maximum atomic E-state index is 13.2. The fourth-order valence-corrected chi connectivity index (χ4v) is 5.14. The van der Waals surface area contributed by atoms with Gasteiger partial charge in [0.05, 0.1) is 45.0 Å². The highest BCUT2D eigenvalue weighted by Crippen LogP contribution is 2.36. The van der Waals surface area contributed by atoms with Crippen LogP contribution in [0.3, 0.4) is 0 Å². The molecule has 4 aromatic rings. The lowest BCUT2D eigenvalue weighted by Crippen LogP contribution is -2.35. The van der Waals surface area contributed by atoms with Gasteiger partial charge in [0, 0.05) is 24.0 Å². The van der Waals surface area contributed by atoms with Crippen LogP contribution in [-0.4, -0.2) is 59.6 Å². The first-order valence-corrected chi connectivity index (χ1v) is 13.0. The van der Waals surface area contributed by atoms with E-state index in [0.717, 1.165) is 16.7 Å². The first kappa shape index (κ1) is 26.8. The molecule has 0 bridgehead atoms. The summed E-state index contributed by atoms with van der Waals surface area (Å²) < 4.78 is 16.4. The topological polar surface area (TPSA) is 96.9 Å². The SMILES string of the molecule is COc1ccc(-c2csc3nc(CN(Cc4ccccc4)C[C@H](O)COC(C)C)[nH]c(=O)c23)cc1OC. The summed E-state index contributed by atoms with van der Waals surface area (Å²) in [6.07, 6.45) is -0.628. The Balaban J connectivity index is 1.61. The molecule has 0 spiro atoms. The molecule has 4 rings (SSSR count). The Morgan fingerprint density at radius 3 is 2.51 bits per heavy atom. The van der Waals surface area contributed by atoms with E-state index in [1.807, 2.05) is 67.8 Å². The molecule has 0 unspecified atom stereocenters. The number of aliphatic hydroxyl groups is 1. The summed E-state index contributed by atoms with van der Waals surface area (Å²) >= 11 is 1.43. The van der Waals surface area contributed by atoms with E-state index in [-0.39, 0.29) is 18.3 Å². The van der Waals surface area contributed by atoms with E-state index in [4.69, 9.17) is 19.2 Å². The number of nitrogens with one attached hydrogen (secondary N) is 1. The highest BCUT2D eigenvalue weighted by Gasteiger charge is 2.18. The van der Waals surface area contributed by atoms with Crippen molar-refractivity contribution in [3.63, 3.8) is 0 Å². The first-order valence-electron chi connectivity index (χ1n) is 12.2. The molecule has 0 fully saturated rings. The second-order valence-electron chi connectivity index (χ2n) is 9.10. The van der Waals surface area contributed by atoms with Gasteiger partial charge >= 0.3 is 0 Å². The lowest BCUT2D eigenvalue weighted by atomic mass is 10.1. The highest BCUT2D eigenvalue weighted by molar-refractivity contribution is 7.17. The van der Waals surface area contributed by atoms with Crippen LogP contribution in [0.2, 0.25) is 0 Å². The zero-order chi connectivity index (χ0) is 26.4. The average molecular weight is 524 g/mol. The number of ether oxygens (including phenoxy) is 3. The van der Waals surface area contributed by atoms with Crippen molar-refractivity contribution in [3.05, 3.63) is 75.7 Å². The van der Waals surface area contributed by atoms with Crippen molar-refractivity contribution >= 4 is 21.6 Å². The number of aliphatic hydroxyl groups excluding tert-OH is 1. The number of fused-ring (bicyclic) bond motifs is 1. The number of H-pyrrole nitrogens is 1. The number of hydrogen-bond acceptors (Lipinski definition) is 8. The van der Waals surface area contributed by atoms with Crippen LogP contribution in [0.25, 0.3) is 21.3 Å². The molecule has 8 nitrogen and oxygen atoms in total. The van der Waals surface area contributed by atoms with Gasteiger partial charge < -0.3 is 24.3 Å². The predicted molar refractivity (Wildman–Crippen MR) is 146 cm³/mol. The number of hydrogen-bond donors (Lipinski definition) is 2. The van der Waals surface area contributed by atoms with Crippen LogP contribution in [0.15, 0.2) is 58.7 Å². The lowest BCUT2D eigenvalue weighted by molar-refractivity contribution is -0.0109. The van der Waals surface area contributed by atoms with Crippen molar-refractivity contribution in [1.29, 1.82) is 0 Å². The van der Waals surface area contributed by atoms with Crippen molar-refractivity contribution in [2.24, 2.45) is 0 Å². The van der Waals surface area contributed by atoms with E-state index in [9.17, 15) is 9.90 Å². The Kier molecular flexibility index (Phi) is 8.94. The van der Waals surface area contributed by atoms with E-state index in [1.165, 1.54) is 11.3 Å². The van der Waals surface area contributed by atoms with Crippen molar-refractivity contribution in [1.82, 2.24) is 14.9 Å². The quantitative estimate of drug-likeness (QED) is 0.283. The molecule has 2 N–H and O–H groups in total. The molecular formula is C28H33N3O5S. The maximum Gasteiger partial charge on any atom is 0.260 e. The molecule has 0 aliphatic carbocycles. The van der Waals surface area contributed by atoms with Gasteiger partial charge in [0.1, 0.15) is 10.7 Å². The molecule has 0 saturated heterocycles. The molecule has 0 aliphatic heterocycles. The predicted octanol–water partition coefficient (Wildman–Crippen LogP) is 4.46. The zero-order valence-corrected chi connectivity index (χ0v) is 22.4. The van der Waals surface area contributed by atoms with Gasteiger partial charge in [-0.3, -0.25) is 9.69 Å². The van der Waals surface area contributed by atoms with Crippen LogP contribution in [0.1, 0.15) is 25.2 Å². The monoisotopic (exact) mass is 523 g/mol. The van der Waals surface area contributed by atoms with E-state index in [2.05, 4.69) is 9.88 Å². The Morgan fingerprint density at radius 1 is 1.05 bits per heavy atom. The summed E-state index contributed by atoms with van der Waals surface area (Å²) in [5, 5.41) is 13.1. The van der Waals surface area contributed by atoms with Crippen LogP contribution in [0, 0.1) is 0 Å². The van der Waals surface area contributed by atoms with Gasteiger partial charge in [0.2, 0.25) is 0 Å². The van der Waals surface area contributed by atoms with Crippen LogP contribution in [0.5, 0.6) is 11.5 Å². The molecule has 9 heteroatoms. The fraction of sp³-hybridized carbons (Fsp3) is 0.357. The summed E-state index contributed by atoms with van der Waals surface area (Å²) in [5.41, 5.74) is 2.55. The first-order chi connectivity index (χ1) is 17.9. The van der Waals surface area contributed by atoms with Crippen LogP contribution >= 0.6 is 11.3 Å². The molecule has 0 radical (unpaired) electrons. The number of benzene rings is 2. The summed E-state index contributed by atoms with van der Waals surface area (Å²) in [6, 6.07) is 15.6. The zero-order valence-electron chi connectivity index (χ0n) is 21.6. The van der Waals surface area contributed by atoms with Crippen LogP contribution < -0.4 is 15.0 Å². The number of methoxy groups -OCH3 is 2. The van der Waals surface area contributed by atoms with E-state index < -0.39 is 6.10 Å². The van der Waals surface area contributed by atoms with Crippen LogP contribution in [0.4, 0.5) is 0 Å². The summed E-state index contributed by atoms with van der Waals surface area (Å²) in [5.74, 6) is 1.77. The third-order valence-corrected chi connectivity index (χ3v) is 6.77. The summed E-state index contributed by atoms with van der Waals surface area (Å²) in [7, 11) is 3.17. The average Bonchev–Trinajstić information content (AvgIpc) is 3.32. The molecule has 1 atom stereocenters. The number of rotatable bonds is 12. The van der Waals surface area contributed by atoms with Crippen molar-refractivity contribution in [2.75, 3.05) is 27.4 Å². The molecule has 196 valence electrons. The van der Waals surface area contributed by atoms with E-state index in [0.29, 0.717) is 47.2 Å². The number of thiophene rings is 1. The largest absolute Gasteiger partial charge is 0.493 e. The Bertz CT molecular complexity index is 1370. The van der Waals surface area contributed by atoms with Crippen molar-refractivity contribution in [3.8, 4) is 22.6 Å². The number of nitrogens with zero attached hydrogens (tertiary/aromatic N) is 2. The molecule has 2 aromatic carbocycles. The minimum Gasteiger partial charge on any atom is -0.493 e. The second-order valence-corrected chi connectivity index (χ2v) is 9.96. The molecule has 2 heterocycles. The molecule has 0 aliphatic rings. The van der Waals surface area contributed by atoms with Gasteiger partial charge in [0.15, 0.2) is 11.5 Å². The minimum atomic E-state index is -0.667. The Labute approximate surface area is 220 Å². The van der Waals surface area contributed by atoms with Gasteiger partial charge in [-0.15, -0.1) is 11.3 Å². The number of aromatic amines is 1. The second kappa shape index (κ2) is 12.3. The molecular weight excluding hydrogens is 490 g/mol. The Morgan fingerprint density at radius 2 is 1.81 bits per heavy atom. The van der Waals surface area contributed by atoms with Gasteiger partial charge in [-0.1, -0.05) is 36.4 Å². The van der Waals surface area contributed by atoms with Crippen LogP contribution in [-0.2, 0) is 17.8 Å². The summed E-state index contributed by atoms with van der Waals surface area (Å²) in [6.45, 7) is 5.48. The minimum absolute atomic E-state index is 0.0383. The third-order valence-electron chi connectivity index (χ3n) is 5.90. The van der Waals surface area contributed by atoms with Crippen molar-refractivity contribution < 1.29 is 19.3 Å². The fourth-order valence-electron chi connectivity index (χ4n) is 4.18. The maximum absolute atomic E-state index is 13.2. The standard InChI is InChI=1S/C28H33N3O5S/c1-18(2)36-16-21(32)14-31(13-19-8-6-5-7-9-19)15-25-29-27(33)26-22(17-37-28(26)30-25)20-10-11-23(34-3)24(12-20)35-4/h5-12,17-18,21,32H,13-16H2,1-4H3,(H,29,30,33)/t21-/m0/s1. The van der Waals surface area contributed by atoms with Gasteiger partial charge in [-0.25, -0.2) is 4.98 Å². The Hall–Kier alpha value is -3.24. The molecule has 0 amide bonds. The van der Waals surface area contributed by atoms with E-state index >= 15 is 0 Å². The number of aromatic nitrogens is 2. The van der Waals surface area contributed by atoms with Gasteiger partial charge in [-0.05, 0) is 37.1 Å².